The zero-order chi connectivity index (χ0) is 15.5. The maximum absolute atomic E-state index is 12.2. The molecule has 0 aliphatic carbocycles. The average Bonchev–Trinajstić information content (AvgIpc) is 2.80. The van der Waals surface area contributed by atoms with Gasteiger partial charge in [0.15, 0.2) is 5.71 Å². The molecule has 5 nitrogen and oxygen atoms in total. The Kier molecular flexibility index (Phi) is 3.70. The van der Waals surface area contributed by atoms with Crippen LogP contribution in [0.4, 0.5) is 5.69 Å². The molecule has 3 rings (SSSR count). The predicted octanol–water partition coefficient (Wildman–Crippen LogP) is 2.49. The summed E-state index contributed by atoms with van der Waals surface area (Å²) in [4.78, 5) is 13.8. The molecular formula is C17H15N3O2. The zero-order valence-electron chi connectivity index (χ0n) is 12.4. The number of hydrogen-bond donors (Lipinski definition) is 0. The number of likely N-dealkylation sites (N-methyl/N-ethyl adjacent to an activating group) is 1. The molecule has 0 spiro atoms. The lowest BCUT2D eigenvalue weighted by Gasteiger charge is -2.07. The molecule has 1 aliphatic rings. The number of para-hydroxylation sites is 1. The quantitative estimate of drug-likeness (QED) is 0.645. The van der Waals surface area contributed by atoms with Crippen LogP contribution in [-0.4, -0.2) is 32.0 Å². The second-order valence-electron chi connectivity index (χ2n) is 4.85. The van der Waals surface area contributed by atoms with E-state index in [1.165, 1.54) is 0 Å². The van der Waals surface area contributed by atoms with Crippen LogP contribution < -0.4 is 9.64 Å². The van der Waals surface area contributed by atoms with Gasteiger partial charge in [-0.3, -0.25) is 4.79 Å². The largest absolute Gasteiger partial charge is 0.497 e. The number of rotatable bonds is 3. The highest BCUT2D eigenvalue weighted by atomic mass is 16.5. The summed E-state index contributed by atoms with van der Waals surface area (Å²) in [5.41, 5.74) is 2.87. The highest BCUT2D eigenvalue weighted by molar-refractivity contribution is 6.54. The van der Waals surface area contributed by atoms with Crippen molar-refractivity contribution < 1.29 is 9.53 Å². The van der Waals surface area contributed by atoms with Crippen LogP contribution in [0.5, 0.6) is 5.75 Å². The van der Waals surface area contributed by atoms with Gasteiger partial charge in [-0.15, -0.1) is 5.10 Å². The summed E-state index contributed by atoms with van der Waals surface area (Å²) in [6, 6.07) is 15.0. The van der Waals surface area contributed by atoms with Crippen LogP contribution in [0.2, 0.25) is 0 Å². The third kappa shape index (κ3) is 2.48. The summed E-state index contributed by atoms with van der Waals surface area (Å²) in [7, 11) is 3.34. The van der Waals surface area contributed by atoms with Gasteiger partial charge in [-0.05, 0) is 23.8 Å². The summed E-state index contributed by atoms with van der Waals surface area (Å²) in [6.07, 6.45) is 1.60. The molecule has 110 valence electrons. The Labute approximate surface area is 128 Å². The van der Waals surface area contributed by atoms with E-state index in [9.17, 15) is 4.79 Å². The van der Waals surface area contributed by atoms with Crippen LogP contribution in [0.1, 0.15) is 11.1 Å². The van der Waals surface area contributed by atoms with E-state index in [4.69, 9.17) is 4.74 Å². The van der Waals surface area contributed by atoms with E-state index in [1.54, 1.807) is 25.3 Å². The highest BCUT2D eigenvalue weighted by Gasteiger charge is 2.30. The summed E-state index contributed by atoms with van der Waals surface area (Å²) in [5, 5.41) is 8.14. The minimum Gasteiger partial charge on any atom is -0.497 e. The van der Waals surface area contributed by atoms with E-state index in [0.29, 0.717) is 5.71 Å². The van der Waals surface area contributed by atoms with Gasteiger partial charge in [-0.25, -0.2) is 0 Å². The Morgan fingerprint density at radius 3 is 2.77 bits per heavy atom. The van der Waals surface area contributed by atoms with Crippen LogP contribution in [0.15, 0.2) is 58.7 Å². The van der Waals surface area contributed by atoms with Crippen molar-refractivity contribution in [2.24, 2.45) is 10.2 Å². The number of amides is 1. The van der Waals surface area contributed by atoms with E-state index < -0.39 is 0 Å². The molecule has 22 heavy (non-hydrogen) atoms. The fraction of sp³-hybridized carbons (Fsp3) is 0.118. The van der Waals surface area contributed by atoms with Crippen molar-refractivity contribution in [3.05, 3.63) is 59.7 Å². The van der Waals surface area contributed by atoms with E-state index >= 15 is 0 Å². The third-order valence-electron chi connectivity index (χ3n) is 3.49. The first kappa shape index (κ1) is 14.0. The van der Waals surface area contributed by atoms with Gasteiger partial charge in [0.2, 0.25) is 0 Å². The molecule has 5 heteroatoms. The molecule has 0 atom stereocenters. The molecule has 0 radical (unpaired) electrons. The number of fused-ring (bicyclic) bond motifs is 1. The van der Waals surface area contributed by atoms with Crippen molar-refractivity contribution >= 4 is 23.5 Å². The fourth-order valence-electron chi connectivity index (χ4n) is 2.32. The van der Waals surface area contributed by atoms with Crippen molar-refractivity contribution in [2.75, 3.05) is 19.1 Å². The van der Waals surface area contributed by atoms with E-state index in [2.05, 4.69) is 10.2 Å². The molecule has 0 N–H and O–H groups in total. The maximum atomic E-state index is 12.2. The lowest BCUT2D eigenvalue weighted by molar-refractivity contribution is -0.111. The Hall–Kier alpha value is -2.95. The number of benzene rings is 2. The molecular weight excluding hydrogens is 278 g/mol. The molecule has 0 saturated heterocycles. The number of hydrogen-bond acceptors (Lipinski definition) is 4. The monoisotopic (exact) mass is 293 g/mol. The molecule has 1 aliphatic heterocycles. The lowest BCUT2D eigenvalue weighted by Crippen LogP contribution is -2.25. The van der Waals surface area contributed by atoms with Gasteiger partial charge >= 0.3 is 0 Å². The molecule has 0 bridgehead atoms. The van der Waals surface area contributed by atoms with Gasteiger partial charge in [0.05, 0.1) is 19.0 Å². The fourth-order valence-corrected chi connectivity index (χ4v) is 2.32. The maximum Gasteiger partial charge on any atom is 0.279 e. The Morgan fingerprint density at radius 1 is 1.14 bits per heavy atom. The third-order valence-corrected chi connectivity index (χ3v) is 3.49. The van der Waals surface area contributed by atoms with Gasteiger partial charge in [-0.1, -0.05) is 30.3 Å². The molecule has 0 aromatic heterocycles. The molecule has 1 amide bonds. The summed E-state index contributed by atoms with van der Waals surface area (Å²) >= 11 is 0. The van der Waals surface area contributed by atoms with Crippen LogP contribution in [-0.2, 0) is 4.79 Å². The standard InChI is InChI=1S/C17H15N3O2/c1-20-15-9-4-3-8-14(15)16(17(20)21)19-18-11-12-6-5-7-13(10-12)22-2/h3-11H,1-2H3/b18-11-,19-16-. The second kappa shape index (κ2) is 5.81. The van der Waals surface area contributed by atoms with Gasteiger partial charge in [0.1, 0.15) is 5.75 Å². The number of carbonyl (C=O) groups excluding carboxylic acids is 1. The summed E-state index contributed by atoms with van der Waals surface area (Å²) < 4.78 is 5.15. The van der Waals surface area contributed by atoms with Crippen LogP contribution >= 0.6 is 0 Å². The minimum absolute atomic E-state index is 0.149. The number of ether oxygens (including phenoxy) is 1. The van der Waals surface area contributed by atoms with E-state index in [-0.39, 0.29) is 5.91 Å². The smallest absolute Gasteiger partial charge is 0.279 e. The molecule has 2 aromatic rings. The van der Waals surface area contributed by atoms with Gasteiger partial charge < -0.3 is 9.64 Å². The number of carbonyl (C=O) groups is 1. The van der Waals surface area contributed by atoms with E-state index in [1.807, 2.05) is 48.5 Å². The average molecular weight is 293 g/mol. The number of nitrogens with zero attached hydrogens (tertiary/aromatic N) is 3. The molecule has 1 heterocycles. The van der Waals surface area contributed by atoms with Gasteiger partial charge in [0.25, 0.3) is 5.91 Å². The van der Waals surface area contributed by atoms with Gasteiger partial charge in [-0.2, -0.15) is 5.10 Å². The second-order valence-corrected chi connectivity index (χ2v) is 4.85. The molecule has 0 saturated carbocycles. The molecule has 0 unspecified atom stereocenters. The minimum atomic E-state index is -0.149. The van der Waals surface area contributed by atoms with Gasteiger partial charge in [0, 0.05) is 12.6 Å². The first-order valence-corrected chi connectivity index (χ1v) is 6.83. The molecule has 2 aromatic carbocycles. The van der Waals surface area contributed by atoms with Crippen molar-refractivity contribution in [3.8, 4) is 5.75 Å². The normalized spacial score (nSPS) is 15.6. The van der Waals surface area contributed by atoms with Crippen molar-refractivity contribution in [3.63, 3.8) is 0 Å². The number of anilines is 1. The Bertz CT molecular complexity index is 781. The topological polar surface area (TPSA) is 54.3 Å². The summed E-state index contributed by atoms with van der Waals surface area (Å²) in [6.45, 7) is 0. The van der Waals surface area contributed by atoms with Crippen molar-refractivity contribution in [2.45, 2.75) is 0 Å². The first-order chi connectivity index (χ1) is 10.7. The van der Waals surface area contributed by atoms with Crippen LogP contribution in [0.25, 0.3) is 0 Å². The first-order valence-electron chi connectivity index (χ1n) is 6.83. The lowest BCUT2D eigenvalue weighted by atomic mass is 10.1. The predicted molar refractivity (Wildman–Crippen MR) is 87.0 cm³/mol. The zero-order valence-corrected chi connectivity index (χ0v) is 12.4. The van der Waals surface area contributed by atoms with Crippen LogP contribution in [0, 0.1) is 0 Å². The molecule has 0 fully saturated rings. The van der Waals surface area contributed by atoms with E-state index in [0.717, 1.165) is 22.6 Å². The van der Waals surface area contributed by atoms with Crippen molar-refractivity contribution in [1.29, 1.82) is 0 Å². The SMILES string of the molecule is COc1cccc(/C=N\N=C2/C(=O)N(C)c3ccccc32)c1. The highest BCUT2D eigenvalue weighted by Crippen LogP contribution is 2.27. The number of methoxy groups -OCH3 is 1. The van der Waals surface area contributed by atoms with Crippen molar-refractivity contribution in [1.82, 2.24) is 0 Å². The Balaban J connectivity index is 1.89. The van der Waals surface area contributed by atoms with Crippen LogP contribution in [0.3, 0.4) is 0 Å². The Morgan fingerprint density at radius 2 is 1.95 bits per heavy atom. The summed E-state index contributed by atoms with van der Waals surface area (Å²) in [5.74, 6) is 0.600.